The number of aliphatic hydroxyl groups is 1. The molecule has 4 aromatic rings. The summed E-state index contributed by atoms with van der Waals surface area (Å²) in [5.41, 5.74) is 2.97. The lowest BCUT2D eigenvalue weighted by Crippen LogP contribution is -2.42. The summed E-state index contributed by atoms with van der Waals surface area (Å²) in [7, 11) is 0. The predicted molar refractivity (Wildman–Crippen MR) is 146 cm³/mol. The van der Waals surface area contributed by atoms with Gasteiger partial charge in [0, 0.05) is 36.3 Å². The highest BCUT2D eigenvalue weighted by Crippen LogP contribution is 2.55. The van der Waals surface area contributed by atoms with Crippen molar-refractivity contribution in [2.24, 2.45) is 5.41 Å². The Morgan fingerprint density at radius 2 is 2.08 bits per heavy atom. The van der Waals surface area contributed by atoms with Crippen LogP contribution in [0.5, 0.6) is 0 Å². The van der Waals surface area contributed by atoms with Crippen LogP contribution in [0.4, 0.5) is 5.95 Å². The zero-order chi connectivity index (χ0) is 26.4. The van der Waals surface area contributed by atoms with Crippen molar-refractivity contribution < 1.29 is 14.7 Å². The topological polar surface area (TPSA) is 120 Å². The van der Waals surface area contributed by atoms with Gasteiger partial charge in [-0.25, -0.2) is 4.98 Å². The molecule has 0 radical (unpaired) electrons. The van der Waals surface area contributed by atoms with Crippen molar-refractivity contribution in [2.75, 3.05) is 18.4 Å². The van der Waals surface area contributed by atoms with E-state index >= 15 is 0 Å². The lowest BCUT2D eigenvalue weighted by Gasteiger charge is -2.46. The first kappa shape index (κ1) is 24.3. The number of pyridine rings is 1. The average Bonchev–Trinajstić information content (AvgIpc) is 3.64. The minimum absolute atomic E-state index is 0.0293. The Bertz CT molecular complexity index is 1630. The van der Waals surface area contributed by atoms with Gasteiger partial charge in [-0.15, -0.1) is 11.3 Å². The second kappa shape index (κ2) is 9.38. The van der Waals surface area contributed by atoms with Gasteiger partial charge in [-0.3, -0.25) is 19.7 Å². The van der Waals surface area contributed by atoms with Gasteiger partial charge in [-0.05, 0) is 72.2 Å². The Morgan fingerprint density at radius 1 is 1.24 bits per heavy atom. The number of anilines is 1. The first-order valence-corrected chi connectivity index (χ1v) is 13.3. The number of likely N-dealkylation sites (tertiary alicyclic amines) is 1. The van der Waals surface area contributed by atoms with Gasteiger partial charge in [0.2, 0.25) is 17.4 Å². The van der Waals surface area contributed by atoms with Crippen LogP contribution in [0.2, 0.25) is 0 Å². The molecule has 10 heteroatoms. The largest absolute Gasteiger partial charge is 0.392 e. The number of benzene rings is 1. The van der Waals surface area contributed by atoms with Crippen molar-refractivity contribution in [3.8, 4) is 10.4 Å². The maximum absolute atomic E-state index is 13.3. The number of carbonyl (C=O) groups is 2. The highest BCUT2D eigenvalue weighted by molar-refractivity contribution is 7.17. The molecule has 1 spiro atoms. The maximum atomic E-state index is 13.3. The van der Waals surface area contributed by atoms with Crippen LogP contribution < -0.4 is 10.9 Å². The summed E-state index contributed by atoms with van der Waals surface area (Å²) in [6.07, 6.45) is 5.68. The van der Waals surface area contributed by atoms with Gasteiger partial charge in [-0.2, -0.15) is 0 Å². The Kier molecular flexibility index (Phi) is 6.00. The third kappa shape index (κ3) is 4.25. The number of carbonyl (C=O) groups excluding carboxylic acids is 2. The molecule has 0 unspecified atom stereocenters. The van der Waals surface area contributed by atoms with E-state index in [2.05, 4.69) is 21.4 Å². The van der Waals surface area contributed by atoms with Gasteiger partial charge in [0.1, 0.15) is 0 Å². The molecule has 2 aliphatic rings. The number of aromatic amines is 1. The molecule has 4 heterocycles. The number of aliphatic hydroxyl groups excluding tert-OH is 1. The van der Waals surface area contributed by atoms with Crippen LogP contribution in [0, 0.1) is 5.41 Å². The van der Waals surface area contributed by atoms with E-state index in [0.717, 1.165) is 53.9 Å². The highest BCUT2D eigenvalue weighted by Gasteiger charge is 2.50. The molecule has 38 heavy (non-hydrogen) atoms. The SMILES string of the molecule is C=CC(=O)N1CC[C@]2(C1)C[C@H](n1c(NC(=O)c3ccc(-c4cc[nH]c(=O)c4)s3)nc3cc(CO)ccc31)C2. The number of nitrogens with zero attached hydrogens (tertiary/aromatic N) is 3. The average molecular weight is 530 g/mol. The van der Waals surface area contributed by atoms with Crippen LogP contribution in [0.25, 0.3) is 21.5 Å². The van der Waals surface area contributed by atoms with Gasteiger partial charge in [0.15, 0.2) is 0 Å². The third-order valence-corrected chi connectivity index (χ3v) is 8.81. The van der Waals surface area contributed by atoms with Gasteiger partial charge >= 0.3 is 0 Å². The molecule has 0 atom stereocenters. The first-order valence-electron chi connectivity index (χ1n) is 12.5. The van der Waals surface area contributed by atoms with Crippen molar-refractivity contribution in [3.63, 3.8) is 0 Å². The quantitative estimate of drug-likeness (QED) is 0.327. The van der Waals surface area contributed by atoms with Crippen LogP contribution in [-0.4, -0.2) is 49.4 Å². The number of rotatable bonds is 6. The molecular weight excluding hydrogens is 502 g/mol. The first-order chi connectivity index (χ1) is 18.4. The third-order valence-electron chi connectivity index (χ3n) is 7.68. The van der Waals surface area contributed by atoms with E-state index in [4.69, 9.17) is 4.98 Å². The van der Waals surface area contributed by atoms with Gasteiger partial charge in [-0.1, -0.05) is 12.6 Å². The maximum Gasteiger partial charge on any atom is 0.268 e. The van der Waals surface area contributed by atoms with Crippen molar-refractivity contribution in [3.05, 3.63) is 82.1 Å². The minimum Gasteiger partial charge on any atom is -0.392 e. The zero-order valence-electron chi connectivity index (χ0n) is 20.6. The molecule has 3 aromatic heterocycles. The molecule has 194 valence electrons. The van der Waals surface area contributed by atoms with E-state index in [1.165, 1.54) is 23.5 Å². The number of imidazole rings is 1. The fraction of sp³-hybridized carbons (Fsp3) is 0.286. The van der Waals surface area contributed by atoms with Crippen LogP contribution in [0.1, 0.15) is 40.5 Å². The summed E-state index contributed by atoms with van der Waals surface area (Å²) in [6.45, 7) is 4.97. The summed E-state index contributed by atoms with van der Waals surface area (Å²) in [6, 6.07) is 12.7. The predicted octanol–water partition coefficient (Wildman–Crippen LogP) is 3.94. The molecule has 2 fully saturated rings. The summed E-state index contributed by atoms with van der Waals surface area (Å²) < 4.78 is 2.09. The minimum atomic E-state index is -0.275. The van der Waals surface area contributed by atoms with Crippen LogP contribution >= 0.6 is 11.3 Å². The fourth-order valence-corrected chi connectivity index (χ4v) is 6.68. The van der Waals surface area contributed by atoms with Crippen LogP contribution in [0.3, 0.4) is 0 Å². The molecular formula is C28H27N5O4S. The van der Waals surface area contributed by atoms with Crippen molar-refractivity contribution in [1.29, 1.82) is 0 Å². The lowest BCUT2D eigenvalue weighted by molar-refractivity contribution is -0.125. The molecule has 1 aromatic carbocycles. The summed E-state index contributed by atoms with van der Waals surface area (Å²) in [4.78, 5) is 47.6. The Labute approximate surface area is 222 Å². The number of amides is 2. The second-order valence-corrected chi connectivity index (χ2v) is 11.2. The standard InChI is InChI=1S/C28H27N5O4S/c1-2-25(36)32-10-8-28(16-32)13-19(14-28)33-21-4-3-17(15-34)11-20(21)30-27(33)31-26(37)23-6-5-22(38-23)18-7-9-29-24(35)12-18/h2-7,9,11-12,19,34H,1,8,10,13-16H2,(H,29,35)(H,30,31,37)/t19-,28-. The Balaban J connectivity index is 1.27. The smallest absolute Gasteiger partial charge is 0.268 e. The van der Waals surface area contributed by atoms with E-state index in [1.54, 1.807) is 18.3 Å². The van der Waals surface area contributed by atoms with Gasteiger partial charge in [0.05, 0.1) is 22.5 Å². The summed E-state index contributed by atoms with van der Waals surface area (Å²) >= 11 is 1.31. The van der Waals surface area contributed by atoms with E-state index in [1.807, 2.05) is 29.2 Å². The van der Waals surface area contributed by atoms with E-state index in [-0.39, 0.29) is 35.4 Å². The van der Waals surface area contributed by atoms with Crippen LogP contribution in [-0.2, 0) is 11.4 Å². The summed E-state index contributed by atoms with van der Waals surface area (Å²) in [5, 5.41) is 12.6. The van der Waals surface area contributed by atoms with E-state index in [0.29, 0.717) is 16.3 Å². The number of fused-ring (bicyclic) bond motifs is 1. The molecule has 6 rings (SSSR count). The van der Waals surface area contributed by atoms with Crippen LogP contribution in [0.15, 0.2) is 66.1 Å². The molecule has 3 N–H and O–H groups in total. The summed E-state index contributed by atoms with van der Waals surface area (Å²) in [5.74, 6) is 0.157. The number of nitrogens with one attached hydrogen (secondary N) is 2. The second-order valence-electron chi connectivity index (χ2n) is 10.1. The molecule has 2 amide bonds. The van der Waals surface area contributed by atoms with E-state index < -0.39 is 0 Å². The highest BCUT2D eigenvalue weighted by atomic mass is 32.1. The molecule has 1 aliphatic heterocycles. The molecule has 1 saturated heterocycles. The number of hydrogen-bond donors (Lipinski definition) is 3. The lowest BCUT2D eigenvalue weighted by atomic mass is 9.64. The Morgan fingerprint density at radius 3 is 2.84 bits per heavy atom. The van der Waals surface area contributed by atoms with Crippen molar-refractivity contribution in [1.82, 2.24) is 19.4 Å². The van der Waals surface area contributed by atoms with E-state index in [9.17, 15) is 19.5 Å². The number of H-pyrrole nitrogens is 1. The molecule has 9 nitrogen and oxygen atoms in total. The monoisotopic (exact) mass is 529 g/mol. The van der Waals surface area contributed by atoms with Crippen molar-refractivity contribution in [2.45, 2.75) is 31.9 Å². The molecule has 0 bridgehead atoms. The molecule has 1 saturated carbocycles. The molecule has 1 aliphatic carbocycles. The fourth-order valence-electron chi connectivity index (χ4n) is 5.78. The number of aromatic nitrogens is 3. The number of thiophene rings is 1. The van der Waals surface area contributed by atoms with Gasteiger partial charge < -0.3 is 19.6 Å². The Hall–Kier alpha value is -4.02. The van der Waals surface area contributed by atoms with Gasteiger partial charge in [0.25, 0.3) is 5.91 Å². The normalized spacial score (nSPS) is 20.6. The zero-order valence-corrected chi connectivity index (χ0v) is 21.5. The number of hydrogen-bond acceptors (Lipinski definition) is 6. The van der Waals surface area contributed by atoms with Crippen molar-refractivity contribution >= 4 is 40.1 Å².